The number of hydrogen-bond donors (Lipinski definition) is 1. The first-order valence-corrected chi connectivity index (χ1v) is 7.23. The standard InChI is InChI=1S/C12H19NS2/c1-2-10(9-14)7-13-5-3-12-11(8-13)4-6-15-12/h4,6,10,14H,2-3,5,7-9H2,1H3. The van der Waals surface area contributed by atoms with E-state index in [9.17, 15) is 0 Å². The van der Waals surface area contributed by atoms with Gasteiger partial charge in [-0.05, 0) is 35.1 Å². The van der Waals surface area contributed by atoms with Gasteiger partial charge < -0.3 is 0 Å². The molecule has 1 aromatic heterocycles. The fourth-order valence-corrected chi connectivity index (χ4v) is 3.41. The van der Waals surface area contributed by atoms with Crippen molar-refractivity contribution in [3.8, 4) is 0 Å². The highest BCUT2D eigenvalue weighted by Gasteiger charge is 2.18. The van der Waals surface area contributed by atoms with Crippen molar-refractivity contribution in [2.45, 2.75) is 26.3 Å². The molecule has 0 aliphatic carbocycles. The van der Waals surface area contributed by atoms with Crippen LogP contribution in [0.1, 0.15) is 23.8 Å². The molecule has 0 fully saturated rings. The molecule has 2 rings (SSSR count). The molecule has 1 aliphatic heterocycles. The van der Waals surface area contributed by atoms with Crippen molar-refractivity contribution >= 4 is 24.0 Å². The maximum absolute atomic E-state index is 4.41. The highest BCUT2D eigenvalue weighted by molar-refractivity contribution is 7.80. The molecule has 1 nitrogen and oxygen atoms in total. The molecule has 0 radical (unpaired) electrons. The van der Waals surface area contributed by atoms with Crippen molar-refractivity contribution in [2.75, 3.05) is 18.8 Å². The third-order valence-corrected chi connectivity index (χ3v) is 4.78. The summed E-state index contributed by atoms with van der Waals surface area (Å²) in [5.41, 5.74) is 1.56. The van der Waals surface area contributed by atoms with E-state index in [0.29, 0.717) is 0 Å². The Morgan fingerprint density at radius 2 is 2.47 bits per heavy atom. The van der Waals surface area contributed by atoms with E-state index >= 15 is 0 Å². The second kappa shape index (κ2) is 5.37. The van der Waals surface area contributed by atoms with Gasteiger partial charge in [0.05, 0.1) is 0 Å². The summed E-state index contributed by atoms with van der Waals surface area (Å²) in [6.07, 6.45) is 2.49. The predicted molar refractivity (Wildman–Crippen MR) is 70.9 cm³/mol. The number of fused-ring (bicyclic) bond motifs is 1. The summed E-state index contributed by atoms with van der Waals surface area (Å²) in [5.74, 6) is 1.78. The molecule has 1 aliphatic rings. The second-order valence-corrected chi connectivity index (χ2v) is 5.68. The average Bonchev–Trinajstić information content (AvgIpc) is 2.73. The number of thiol groups is 1. The van der Waals surface area contributed by atoms with Gasteiger partial charge in [0.1, 0.15) is 0 Å². The van der Waals surface area contributed by atoms with Crippen LogP contribution >= 0.6 is 24.0 Å². The molecule has 2 heterocycles. The fraction of sp³-hybridized carbons (Fsp3) is 0.667. The van der Waals surface area contributed by atoms with Crippen molar-refractivity contribution in [1.29, 1.82) is 0 Å². The van der Waals surface area contributed by atoms with Crippen LogP contribution in [0.25, 0.3) is 0 Å². The van der Waals surface area contributed by atoms with E-state index in [-0.39, 0.29) is 0 Å². The van der Waals surface area contributed by atoms with Crippen LogP contribution in [-0.4, -0.2) is 23.7 Å². The molecule has 84 valence electrons. The van der Waals surface area contributed by atoms with E-state index < -0.39 is 0 Å². The number of nitrogens with zero attached hydrogens (tertiary/aromatic N) is 1. The van der Waals surface area contributed by atoms with Gasteiger partial charge in [-0.2, -0.15) is 12.6 Å². The molecule has 0 saturated heterocycles. The quantitative estimate of drug-likeness (QED) is 0.793. The monoisotopic (exact) mass is 241 g/mol. The normalized spacial score (nSPS) is 18.8. The van der Waals surface area contributed by atoms with Crippen LogP contribution < -0.4 is 0 Å². The Labute approximate surface area is 102 Å². The summed E-state index contributed by atoms with van der Waals surface area (Å²) < 4.78 is 0. The van der Waals surface area contributed by atoms with Gasteiger partial charge in [-0.3, -0.25) is 4.90 Å². The van der Waals surface area contributed by atoms with Gasteiger partial charge in [-0.15, -0.1) is 11.3 Å². The van der Waals surface area contributed by atoms with E-state index in [1.54, 1.807) is 10.4 Å². The van der Waals surface area contributed by atoms with E-state index in [1.807, 2.05) is 11.3 Å². The topological polar surface area (TPSA) is 3.24 Å². The molecular formula is C12H19NS2. The van der Waals surface area contributed by atoms with Crippen LogP contribution in [0.5, 0.6) is 0 Å². The van der Waals surface area contributed by atoms with Gasteiger partial charge in [0.15, 0.2) is 0 Å². The smallest absolute Gasteiger partial charge is 0.0245 e. The lowest BCUT2D eigenvalue weighted by Crippen LogP contribution is -2.34. The van der Waals surface area contributed by atoms with Crippen LogP contribution in [0.2, 0.25) is 0 Å². The van der Waals surface area contributed by atoms with Crippen molar-refractivity contribution in [3.05, 3.63) is 21.9 Å². The van der Waals surface area contributed by atoms with Gasteiger partial charge in [0.2, 0.25) is 0 Å². The number of hydrogen-bond acceptors (Lipinski definition) is 3. The van der Waals surface area contributed by atoms with Gasteiger partial charge in [-0.25, -0.2) is 0 Å². The Balaban J connectivity index is 1.92. The first-order chi connectivity index (χ1) is 7.33. The van der Waals surface area contributed by atoms with E-state index in [2.05, 4.69) is 35.9 Å². The lowest BCUT2D eigenvalue weighted by atomic mass is 10.1. The highest BCUT2D eigenvalue weighted by atomic mass is 32.1. The summed E-state index contributed by atoms with van der Waals surface area (Å²) >= 11 is 6.33. The first-order valence-electron chi connectivity index (χ1n) is 5.72. The maximum atomic E-state index is 4.41. The molecule has 15 heavy (non-hydrogen) atoms. The number of thiophene rings is 1. The van der Waals surface area contributed by atoms with Crippen LogP contribution in [-0.2, 0) is 13.0 Å². The predicted octanol–water partition coefficient (Wildman–Crippen LogP) is 3.06. The molecule has 0 spiro atoms. The van der Waals surface area contributed by atoms with Crippen LogP contribution in [0, 0.1) is 5.92 Å². The van der Waals surface area contributed by atoms with Gasteiger partial charge in [-0.1, -0.05) is 13.3 Å². The van der Waals surface area contributed by atoms with E-state index in [1.165, 1.54) is 25.9 Å². The Kier molecular flexibility index (Phi) is 4.12. The van der Waals surface area contributed by atoms with Crippen LogP contribution in [0.15, 0.2) is 11.4 Å². The van der Waals surface area contributed by atoms with E-state index in [0.717, 1.165) is 18.2 Å². The maximum Gasteiger partial charge on any atom is 0.0245 e. The number of rotatable bonds is 4. The van der Waals surface area contributed by atoms with Gasteiger partial charge in [0, 0.05) is 24.5 Å². The zero-order chi connectivity index (χ0) is 10.7. The summed E-state index contributed by atoms with van der Waals surface area (Å²) in [6.45, 7) is 5.87. The summed E-state index contributed by atoms with van der Waals surface area (Å²) in [4.78, 5) is 4.18. The third kappa shape index (κ3) is 2.77. The molecule has 0 amide bonds. The molecule has 0 bridgehead atoms. The zero-order valence-electron chi connectivity index (χ0n) is 9.28. The van der Waals surface area contributed by atoms with Crippen LogP contribution in [0.4, 0.5) is 0 Å². The minimum Gasteiger partial charge on any atom is -0.298 e. The van der Waals surface area contributed by atoms with Crippen molar-refractivity contribution in [1.82, 2.24) is 4.90 Å². The zero-order valence-corrected chi connectivity index (χ0v) is 11.0. The Bertz CT molecular complexity index is 304. The molecule has 1 unspecified atom stereocenters. The lowest BCUT2D eigenvalue weighted by Gasteiger charge is -2.29. The molecule has 1 aromatic rings. The molecule has 1 atom stereocenters. The van der Waals surface area contributed by atoms with E-state index in [4.69, 9.17) is 0 Å². The van der Waals surface area contributed by atoms with Gasteiger partial charge in [0.25, 0.3) is 0 Å². The summed E-state index contributed by atoms with van der Waals surface area (Å²) in [7, 11) is 0. The Morgan fingerprint density at radius 3 is 3.20 bits per heavy atom. The summed E-state index contributed by atoms with van der Waals surface area (Å²) in [5, 5.41) is 2.23. The molecular weight excluding hydrogens is 222 g/mol. The highest BCUT2D eigenvalue weighted by Crippen LogP contribution is 2.24. The minimum absolute atomic E-state index is 0.758. The summed E-state index contributed by atoms with van der Waals surface area (Å²) in [6, 6.07) is 2.29. The average molecular weight is 241 g/mol. The largest absolute Gasteiger partial charge is 0.298 e. The van der Waals surface area contributed by atoms with Crippen molar-refractivity contribution in [3.63, 3.8) is 0 Å². The SMILES string of the molecule is CCC(CS)CN1CCc2sccc2C1. The molecule has 3 heteroatoms. The molecule has 0 N–H and O–H groups in total. The Morgan fingerprint density at radius 1 is 1.60 bits per heavy atom. The lowest BCUT2D eigenvalue weighted by molar-refractivity contribution is 0.221. The Hall–Kier alpha value is 0.0100. The third-order valence-electron chi connectivity index (χ3n) is 3.24. The first kappa shape index (κ1) is 11.5. The second-order valence-electron chi connectivity index (χ2n) is 4.31. The van der Waals surface area contributed by atoms with Crippen molar-refractivity contribution < 1.29 is 0 Å². The molecule has 0 aromatic carbocycles. The molecule has 0 saturated carbocycles. The van der Waals surface area contributed by atoms with Gasteiger partial charge >= 0.3 is 0 Å². The van der Waals surface area contributed by atoms with Crippen LogP contribution in [0.3, 0.4) is 0 Å². The fourth-order valence-electron chi connectivity index (χ4n) is 2.14. The van der Waals surface area contributed by atoms with Crippen molar-refractivity contribution in [2.24, 2.45) is 5.92 Å². The minimum atomic E-state index is 0.758.